The van der Waals surface area contributed by atoms with Crippen LogP contribution in [0.1, 0.15) is 26.3 Å². The Labute approximate surface area is 97.0 Å². The van der Waals surface area contributed by atoms with Crippen LogP contribution in [-0.4, -0.2) is 11.9 Å². The predicted molar refractivity (Wildman–Crippen MR) is 67.3 cm³/mol. The quantitative estimate of drug-likeness (QED) is 0.817. The maximum Gasteiger partial charge on any atom is 0.241 e. The van der Waals surface area contributed by atoms with Crippen LogP contribution < -0.4 is 11.1 Å². The van der Waals surface area contributed by atoms with Crippen molar-refractivity contribution >= 4 is 11.6 Å². The van der Waals surface area contributed by atoms with Crippen LogP contribution in [0.5, 0.6) is 0 Å². The maximum absolute atomic E-state index is 11.8. The summed E-state index contributed by atoms with van der Waals surface area (Å²) in [6.45, 7) is 5.94. The number of aryl methyl sites for hydroxylation is 1. The highest BCUT2D eigenvalue weighted by Crippen LogP contribution is 2.16. The molecule has 0 bridgehead atoms. The second kappa shape index (κ2) is 5.66. The molecule has 1 amide bonds. The van der Waals surface area contributed by atoms with Gasteiger partial charge in [0.1, 0.15) is 0 Å². The SMILES string of the molecule is CCc1ccccc1NC(=O)[C@@H](N)C(C)C. The lowest BCUT2D eigenvalue weighted by Gasteiger charge is -2.16. The molecule has 1 rings (SSSR count). The first-order valence-electron chi connectivity index (χ1n) is 5.70. The number of hydrogen-bond acceptors (Lipinski definition) is 2. The molecule has 16 heavy (non-hydrogen) atoms. The van der Waals surface area contributed by atoms with Gasteiger partial charge in [-0.15, -0.1) is 0 Å². The molecule has 1 aromatic carbocycles. The number of hydrogen-bond donors (Lipinski definition) is 2. The molecule has 0 fully saturated rings. The van der Waals surface area contributed by atoms with E-state index in [9.17, 15) is 4.79 Å². The zero-order chi connectivity index (χ0) is 12.1. The monoisotopic (exact) mass is 220 g/mol. The van der Waals surface area contributed by atoms with Crippen molar-refractivity contribution < 1.29 is 4.79 Å². The fourth-order valence-corrected chi connectivity index (χ4v) is 1.47. The average molecular weight is 220 g/mol. The number of benzene rings is 1. The Kier molecular flexibility index (Phi) is 4.50. The Morgan fingerprint density at radius 2 is 2.00 bits per heavy atom. The molecule has 0 aliphatic carbocycles. The van der Waals surface area contributed by atoms with Gasteiger partial charge in [-0.2, -0.15) is 0 Å². The van der Waals surface area contributed by atoms with Crippen LogP contribution in [0.3, 0.4) is 0 Å². The van der Waals surface area contributed by atoms with E-state index >= 15 is 0 Å². The molecule has 1 aromatic rings. The lowest BCUT2D eigenvalue weighted by molar-refractivity contribution is -0.118. The molecule has 88 valence electrons. The van der Waals surface area contributed by atoms with E-state index in [0.717, 1.165) is 17.7 Å². The van der Waals surface area contributed by atoms with E-state index in [2.05, 4.69) is 12.2 Å². The molecule has 1 atom stereocenters. The van der Waals surface area contributed by atoms with E-state index in [1.54, 1.807) is 0 Å². The summed E-state index contributed by atoms with van der Waals surface area (Å²) < 4.78 is 0. The summed E-state index contributed by atoms with van der Waals surface area (Å²) in [5, 5.41) is 2.88. The summed E-state index contributed by atoms with van der Waals surface area (Å²) in [4.78, 5) is 11.8. The Hall–Kier alpha value is -1.35. The van der Waals surface area contributed by atoms with Crippen molar-refractivity contribution in [3.8, 4) is 0 Å². The van der Waals surface area contributed by atoms with Crippen LogP contribution in [0, 0.1) is 5.92 Å². The minimum Gasteiger partial charge on any atom is -0.324 e. The molecule has 0 spiro atoms. The molecule has 3 nitrogen and oxygen atoms in total. The number of carbonyl (C=O) groups excluding carboxylic acids is 1. The second-order valence-corrected chi connectivity index (χ2v) is 4.27. The van der Waals surface area contributed by atoms with Crippen LogP contribution in [0.15, 0.2) is 24.3 Å². The molecule has 0 saturated carbocycles. The summed E-state index contributed by atoms with van der Waals surface area (Å²) in [6, 6.07) is 7.34. The maximum atomic E-state index is 11.8. The van der Waals surface area contributed by atoms with Crippen molar-refractivity contribution in [2.45, 2.75) is 33.2 Å². The van der Waals surface area contributed by atoms with E-state index in [1.807, 2.05) is 38.1 Å². The van der Waals surface area contributed by atoms with E-state index < -0.39 is 6.04 Å². The minimum absolute atomic E-state index is 0.115. The van der Waals surface area contributed by atoms with Crippen LogP contribution in [0.25, 0.3) is 0 Å². The van der Waals surface area contributed by atoms with E-state index in [4.69, 9.17) is 5.73 Å². The van der Waals surface area contributed by atoms with Crippen LogP contribution in [0.4, 0.5) is 5.69 Å². The number of nitrogens with one attached hydrogen (secondary N) is 1. The number of anilines is 1. The van der Waals surface area contributed by atoms with E-state index in [1.165, 1.54) is 0 Å². The van der Waals surface area contributed by atoms with Gasteiger partial charge in [0, 0.05) is 5.69 Å². The van der Waals surface area contributed by atoms with Gasteiger partial charge in [0.25, 0.3) is 0 Å². The third-order valence-electron chi connectivity index (χ3n) is 2.68. The zero-order valence-electron chi connectivity index (χ0n) is 10.2. The fourth-order valence-electron chi connectivity index (χ4n) is 1.47. The molecule has 3 heteroatoms. The standard InChI is InChI=1S/C13H20N2O/c1-4-10-7-5-6-8-11(10)15-13(16)12(14)9(2)3/h5-9,12H,4,14H2,1-3H3,(H,15,16)/t12-/m0/s1. The molecule has 0 unspecified atom stereocenters. The highest BCUT2D eigenvalue weighted by Gasteiger charge is 2.17. The molecule has 0 aliphatic heterocycles. The number of amides is 1. The van der Waals surface area contributed by atoms with Gasteiger partial charge in [0.05, 0.1) is 6.04 Å². The van der Waals surface area contributed by atoms with Crippen LogP contribution in [-0.2, 0) is 11.2 Å². The molecule has 0 heterocycles. The van der Waals surface area contributed by atoms with Gasteiger partial charge in [-0.1, -0.05) is 39.0 Å². The molecular formula is C13H20N2O. The Morgan fingerprint density at radius 3 is 2.56 bits per heavy atom. The lowest BCUT2D eigenvalue weighted by atomic mass is 10.0. The van der Waals surface area contributed by atoms with Crippen LogP contribution in [0.2, 0.25) is 0 Å². The largest absolute Gasteiger partial charge is 0.324 e. The predicted octanol–water partition coefficient (Wildman–Crippen LogP) is 2.17. The summed E-state index contributed by atoms with van der Waals surface area (Å²) in [6.07, 6.45) is 0.896. The van der Waals surface area contributed by atoms with Gasteiger partial charge in [0.2, 0.25) is 5.91 Å². The minimum atomic E-state index is -0.454. The van der Waals surface area contributed by atoms with E-state index in [-0.39, 0.29) is 11.8 Å². The fraction of sp³-hybridized carbons (Fsp3) is 0.462. The summed E-state index contributed by atoms with van der Waals surface area (Å²) in [7, 11) is 0. The van der Waals surface area contributed by atoms with Crippen molar-refractivity contribution in [3.63, 3.8) is 0 Å². The van der Waals surface area contributed by atoms with Crippen molar-refractivity contribution in [2.75, 3.05) is 5.32 Å². The van der Waals surface area contributed by atoms with Gasteiger partial charge >= 0.3 is 0 Å². The molecular weight excluding hydrogens is 200 g/mol. The smallest absolute Gasteiger partial charge is 0.241 e. The first-order chi connectivity index (χ1) is 7.56. The van der Waals surface area contributed by atoms with Gasteiger partial charge in [-0.25, -0.2) is 0 Å². The highest BCUT2D eigenvalue weighted by molar-refractivity contribution is 5.95. The summed E-state index contributed by atoms with van der Waals surface area (Å²) in [5.74, 6) is 0.0321. The zero-order valence-corrected chi connectivity index (χ0v) is 10.2. The highest BCUT2D eigenvalue weighted by atomic mass is 16.2. The summed E-state index contributed by atoms with van der Waals surface area (Å²) >= 11 is 0. The first kappa shape index (κ1) is 12.7. The van der Waals surface area contributed by atoms with Crippen molar-refractivity contribution in [1.29, 1.82) is 0 Å². The Bertz CT molecular complexity index is 361. The summed E-state index contributed by atoms with van der Waals surface area (Å²) in [5.41, 5.74) is 7.79. The van der Waals surface area contributed by atoms with Gasteiger partial charge in [-0.05, 0) is 24.0 Å². The Balaban J connectivity index is 2.76. The van der Waals surface area contributed by atoms with E-state index in [0.29, 0.717) is 0 Å². The molecule has 0 radical (unpaired) electrons. The van der Waals surface area contributed by atoms with Gasteiger partial charge < -0.3 is 11.1 Å². The molecule has 0 aromatic heterocycles. The third kappa shape index (κ3) is 3.07. The van der Waals surface area contributed by atoms with Gasteiger partial charge in [-0.3, -0.25) is 4.79 Å². The molecule has 0 aliphatic rings. The number of nitrogens with two attached hydrogens (primary N) is 1. The number of para-hydroxylation sites is 1. The Morgan fingerprint density at radius 1 is 1.38 bits per heavy atom. The third-order valence-corrected chi connectivity index (χ3v) is 2.68. The average Bonchev–Trinajstić information content (AvgIpc) is 2.28. The first-order valence-corrected chi connectivity index (χ1v) is 5.70. The topological polar surface area (TPSA) is 55.1 Å². The molecule has 3 N–H and O–H groups in total. The van der Waals surface area contributed by atoms with Gasteiger partial charge in [0.15, 0.2) is 0 Å². The number of carbonyl (C=O) groups is 1. The molecule has 0 saturated heterocycles. The second-order valence-electron chi connectivity index (χ2n) is 4.27. The van der Waals surface area contributed by atoms with Crippen molar-refractivity contribution in [3.05, 3.63) is 29.8 Å². The normalized spacial score (nSPS) is 12.6. The van der Waals surface area contributed by atoms with Crippen molar-refractivity contribution in [1.82, 2.24) is 0 Å². The lowest BCUT2D eigenvalue weighted by Crippen LogP contribution is -2.39. The van der Waals surface area contributed by atoms with Crippen molar-refractivity contribution in [2.24, 2.45) is 11.7 Å². The van der Waals surface area contributed by atoms with Crippen LogP contribution >= 0.6 is 0 Å². The number of rotatable bonds is 4.